The summed E-state index contributed by atoms with van der Waals surface area (Å²) in [6.07, 6.45) is -3.47. The Morgan fingerprint density at radius 1 is 1.43 bits per heavy atom. The zero-order chi connectivity index (χ0) is 17.0. The molecule has 0 saturated heterocycles. The van der Waals surface area contributed by atoms with Gasteiger partial charge in [0.2, 0.25) is 0 Å². The van der Waals surface area contributed by atoms with Crippen LogP contribution >= 0.6 is 11.3 Å². The summed E-state index contributed by atoms with van der Waals surface area (Å²) in [5.41, 5.74) is -1.27. The Labute approximate surface area is 133 Å². The molecule has 0 bridgehead atoms. The van der Waals surface area contributed by atoms with Crippen molar-refractivity contribution in [3.8, 4) is 0 Å². The Kier molecular flexibility index (Phi) is 5.09. The molecule has 0 aliphatic rings. The highest BCUT2D eigenvalue weighted by atomic mass is 32.1. The summed E-state index contributed by atoms with van der Waals surface area (Å²) in [7, 11) is 0. The molecule has 0 spiro atoms. The molecule has 1 atom stereocenters. The summed E-state index contributed by atoms with van der Waals surface area (Å²) in [5.74, 6) is 0. The van der Waals surface area contributed by atoms with Crippen LogP contribution in [-0.4, -0.2) is 17.1 Å². The Bertz CT molecular complexity index is 726. The fraction of sp³-hybridized carbons (Fsp3) is 0.286. The summed E-state index contributed by atoms with van der Waals surface area (Å²) in [4.78, 5) is 25.3. The van der Waals surface area contributed by atoms with Crippen LogP contribution in [0.3, 0.4) is 0 Å². The van der Waals surface area contributed by atoms with Crippen molar-refractivity contribution in [2.45, 2.75) is 25.6 Å². The summed E-state index contributed by atoms with van der Waals surface area (Å²) in [6.45, 7) is 1.76. The van der Waals surface area contributed by atoms with E-state index >= 15 is 0 Å². The second kappa shape index (κ2) is 6.86. The zero-order valence-electron chi connectivity index (χ0n) is 12.0. The number of carbonyl (C=O) groups is 1. The van der Waals surface area contributed by atoms with E-state index in [1.165, 1.54) is 11.3 Å². The Morgan fingerprint density at radius 2 is 2.17 bits per heavy atom. The van der Waals surface area contributed by atoms with Crippen molar-refractivity contribution in [1.82, 2.24) is 10.3 Å². The van der Waals surface area contributed by atoms with Crippen molar-refractivity contribution >= 4 is 23.1 Å². The number of hydrogen-bond donors (Lipinski definition) is 3. The first-order chi connectivity index (χ1) is 10.8. The van der Waals surface area contributed by atoms with Gasteiger partial charge >= 0.3 is 12.2 Å². The third-order valence-electron chi connectivity index (χ3n) is 2.98. The van der Waals surface area contributed by atoms with Gasteiger partial charge in [0.25, 0.3) is 5.56 Å². The lowest BCUT2D eigenvalue weighted by Gasteiger charge is -2.14. The van der Waals surface area contributed by atoms with Gasteiger partial charge < -0.3 is 15.6 Å². The number of urea groups is 1. The second-order valence-corrected chi connectivity index (χ2v) is 5.74. The average Bonchev–Trinajstić information content (AvgIpc) is 2.92. The highest BCUT2D eigenvalue weighted by Crippen LogP contribution is 2.29. The number of halogens is 3. The molecule has 2 aromatic rings. The maximum absolute atomic E-state index is 12.6. The van der Waals surface area contributed by atoms with Crippen molar-refractivity contribution in [3.05, 3.63) is 50.6 Å². The van der Waals surface area contributed by atoms with Crippen LogP contribution in [0.15, 0.2) is 33.9 Å². The molecule has 0 saturated carbocycles. The first-order valence-electron chi connectivity index (χ1n) is 6.64. The van der Waals surface area contributed by atoms with Gasteiger partial charge in [0.1, 0.15) is 5.69 Å². The monoisotopic (exact) mass is 345 g/mol. The zero-order valence-corrected chi connectivity index (χ0v) is 12.8. The maximum atomic E-state index is 12.6. The number of carbonyl (C=O) groups excluding carboxylic acids is 1. The molecule has 9 heteroatoms. The number of rotatable bonds is 4. The van der Waals surface area contributed by atoms with Gasteiger partial charge in [-0.15, -0.1) is 0 Å². The van der Waals surface area contributed by atoms with Crippen molar-refractivity contribution < 1.29 is 18.0 Å². The van der Waals surface area contributed by atoms with Crippen LogP contribution in [0.25, 0.3) is 0 Å². The maximum Gasteiger partial charge on any atom is 0.417 e. The largest absolute Gasteiger partial charge is 0.417 e. The number of hydrogen-bond acceptors (Lipinski definition) is 3. The highest BCUT2D eigenvalue weighted by molar-refractivity contribution is 7.07. The molecule has 124 valence electrons. The molecule has 2 rings (SSSR count). The number of aromatic amines is 1. The Morgan fingerprint density at radius 3 is 2.78 bits per heavy atom. The number of thiophene rings is 1. The van der Waals surface area contributed by atoms with Crippen LogP contribution in [0.1, 0.15) is 18.1 Å². The molecule has 0 fully saturated rings. The smallest absolute Gasteiger partial charge is 0.335 e. The van der Waals surface area contributed by atoms with E-state index in [1.807, 2.05) is 21.8 Å². The van der Waals surface area contributed by atoms with E-state index in [-0.39, 0.29) is 6.04 Å². The molecule has 0 aliphatic heterocycles. The van der Waals surface area contributed by atoms with Gasteiger partial charge in [0, 0.05) is 12.2 Å². The van der Waals surface area contributed by atoms with E-state index in [2.05, 4.69) is 10.6 Å². The molecule has 0 radical (unpaired) electrons. The molecule has 0 unspecified atom stereocenters. The summed E-state index contributed by atoms with van der Waals surface area (Å²) < 4.78 is 37.8. The normalized spacial score (nSPS) is 12.7. The molecule has 0 aliphatic carbocycles. The number of anilines is 1. The number of pyridine rings is 1. The molecule has 23 heavy (non-hydrogen) atoms. The van der Waals surface area contributed by atoms with Crippen LogP contribution in [-0.2, 0) is 12.6 Å². The van der Waals surface area contributed by atoms with E-state index < -0.39 is 29.0 Å². The predicted molar refractivity (Wildman–Crippen MR) is 81.7 cm³/mol. The number of H-pyrrole nitrogens is 1. The van der Waals surface area contributed by atoms with Gasteiger partial charge in [-0.1, -0.05) is 0 Å². The average molecular weight is 345 g/mol. The van der Waals surface area contributed by atoms with Crippen molar-refractivity contribution in [2.24, 2.45) is 0 Å². The second-order valence-electron chi connectivity index (χ2n) is 4.96. The van der Waals surface area contributed by atoms with Crippen LogP contribution in [0.2, 0.25) is 0 Å². The van der Waals surface area contributed by atoms with E-state index in [0.717, 1.165) is 5.56 Å². The minimum Gasteiger partial charge on any atom is -0.335 e. The van der Waals surface area contributed by atoms with Gasteiger partial charge in [0.05, 0.1) is 5.56 Å². The fourth-order valence-corrected chi connectivity index (χ4v) is 2.62. The standard InChI is InChI=1S/C14H14F3N3O2S/c1-8(4-9-2-3-23-7-9)19-13(22)20-11-5-10(14(15,16)17)6-18-12(11)21/h2-3,5-8H,4H2,1H3,(H,18,21)(H2,19,20,22)/t8-/m0/s1. The fourth-order valence-electron chi connectivity index (χ4n) is 1.94. The minimum absolute atomic E-state index is 0.241. The van der Waals surface area contributed by atoms with Crippen LogP contribution in [0.5, 0.6) is 0 Å². The molecule has 2 heterocycles. The first kappa shape index (κ1) is 17.1. The van der Waals surface area contributed by atoms with E-state index in [9.17, 15) is 22.8 Å². The SMILES string of the molecule is C[C@@H](Cc1ccsc1)NC(=O)Nc1cc(C(F)(F)F)c[nH]c1=O. The number of alkyl halides is 3. The van der Waals surface area contributed by atoms with Gasteiger partial charge in [-0.05, 0) is 41.8 Å². The molecule has 2 amide bonds. The lowest BCUT2D eigenvalue weighted by atomic mass is 10.1. The third-order valence-corrected chi connectivity index (χ3v) is 3.71. The Hall–Kier alpha value is -2.29. The number of aromatic nitrogens is 1. The molecule has 0 aromatic carbocycles. The molecular formula is C14H14F3N3O2S. The quantitative estimate of drug-likeness (QED) is 0.796. The molecule has 5 nitrogen and oxygen atoms in total. The van der Waals surface area contributed by atoms with Crippen molar-refractivity contribution in [2.75, 3.05) is 5.32 Å². The summed E-state index contributed by atoms with van der Waals surface area (Å²) in [6, 6.07) is 1.53. The summed E-state index contributed by atoms with van der Waals surface area (Å²) in [5, 5.41) is 8.56. The summed E-state index contributed by atoms with van der Waals surface area (Å²) >= 11 is 1.53. The van der Waals surface area contributed by atoms with Gasteiger partial charge in [-0.3, -0.25) is 4.79 Å². The van der Waals surface area contributed by atoms with Crippen LogP contribution < -0.4 is 16.2 Å². The topological polar surface area (TPSA) is 74.0 Å². The molecular weight excluding hydrogens is 331 g/mol. The highest BCUT2D eigenvalue weighted by Gasteiger charge is 2.31. The van der Waals surface area contributed by atoms with Crippen molar-refractivity contribution in [3.63, 3.8) is 0 Å². The van der Waals surface area contributed by atoms with E-state index in [4.69, 9.17) is 0 Å². The number of nitrogens with one attached hydrogen (secondary N) is 3. The first-order valence-corrected chi connectivity index (χ1v) is 7.58. The third kappa shape index (κ3) is 4.85. The minimum atomic E-state index is -4.61. The Balaban J connectivity index is 2.01. The lowest BCUT2D eigenvalue weighted by molar-refractivity contribution is -0.137. The molecule has 3 N–H and O–H groups in total. The molecule has 2 aromatic heterocycles. The van der Waals surface area contributed by atoms with Crippen LogP contribution in [0.4, 0.5) is 23.7 Å². The van der Waals surface area contributed by atoms with Crippen LogP contribution in [0, 0.1) is 0 Å². The predicted octanol–water partition coefficient (Wildman–Crippen LogP) is 3.21. The van der Waals surface area contributed by atoms with Gasteiger partial charge in [-0.2, -0.15) is 24.5 Å². The van der Waals surface area contributed by atoms with Gasteiger partial charge in [0.15, 0.2) is 0 Å². The van der Waals surface area contributed by atoms with Crippen molar-refractivity contribution in [1.29, 1.82) is 0 Å². The van der Waals surface area contributed by atoms with Gasteiger partial charge in [-0.25, -0.2) is 4.79 Å². The lowest BCUT2D eigenvalue weighted by Crippen LogP contribution is -2.38. The van der Waals surface area contributed by atoms with E-state index in [1.54, 1.807) is 6.92 Å². The number of amides is 2. The van der Waals surface area contributed by atoms with E-state index in [0.29, 0.717) is 18.7 Å².